The first kappa shape index (κ1) is 19.9. The SMILES string of the molecule is CCOC(=O)CCCNC(=O)C1CCCN(C(=O)c2ccc(F)cc2)C1. The molecule has 1 aromatic rings. The summed E-state index contributed by atoms with van der Waals surface area (Å²) < 4.78 is 17.8. The summed E-state index contributed by atoms with van der Waals surface area (Å²) in [7, 11) is 0. The van der Waals surface area contributed by atoms with Gasteiger partial charge in [0.2, 0.25) is 5.91 Å². The van der Waals surface area contributed by atoms with Crippen LogP contribution in [0.4, 0.5) is 4.39 Å². The van der Waals surface area contributed by atoms with E-state index in [-0.39, 0.29) is 35.9 Å². The Morgan fingerprint density at radius 1 is 1.27 bits per heavy atom. The van der Waals surface area contributed by atoms with Gasteiger partial charge in [0.1, 0.15) is 5.82 Å². The van der Waals surface area contributed by atoms with Gasteiger partial charge in [0, 0.05) is 31.6 Å². The molecule has 0 radical (unpaired) electrons. The van der Waals surface area contributed by atoms with Gasteiger partial charge in [0.25, 0.3) is 5.91 Å². The number of esters is 1. The van der Waals surface area contributed by atoms with Crippen molar-refractivity contribution in [1.82, 2.24) is 10.2 Å². The number of nitrogens with one attached hydrogen (secondary N) is 1. The predicted octanol–water partition coefficient (Wildman–Crippen LogP) is 2.14. The summed E-state index contributed by atoms with van der Waals surface area (Å²) in [6, 6.07) is 5.42. The zero-order valence-corrected chi connectivity index (χ0v) is 15.0. The highest BCUT2D eigenvalue weighted by atomic mass is 19.1. The maximum absolute atomic E-state index is 13.0. The van der Waals surface area contributed by atoms with Gasteiger partial charge in [-0.15, -0.1) is 0 Å². The second kappa shape index (κ2) is 9.89. The lowest BCUT2D eigenvalue weighted by molar-refractivity contribution is -0.143. The molecular formula is C19H25FN2O4. The first-order chi connectivity index (χ1) is 12.5. The smallest absolute Gasteiger partial charge is 0.305 e. The van der Waals surface area contributed by atoms with Gasteiger partial charge in [0.05, 0.1) is 12.5 Å². The first-order valence-electron chi connectivity index (χ1n) is 8.99. The van der Waals surface area contributed by atoms with Crippen molar-refractivity contribution in [3.63, 3.8) is 0 Å². The molecule has 1 unspecified atom stereocenters. The van der Waals surface area contributed by atoms with Gasteiger partial charge >= 0.3 is 5.97 Å². The molecule has 2 rings (SSSR count). The fourth-order valence-electron chi connectivity index (χ4n) is 2.97. The van der Waals surface area contributed by atoms with E-state index in [2.05, 4.69) is 5.32 Å². The maximum Gasteiger partial charge on any atom is 0.305 e. The fraction of sp³-hybridized carbons (Fsp3) is 0.526. The molecule has 1 saturated heterocycles. The molecule has 26 heavy (non-hydrogen) atoms. The first-order valence-corrected chi connectivity index (χ1v) is 8.99. The van der Waals surface area contributed by atoms with Crippen LogP contribution in [0.25, 0.3) is 0 Å². The van der Waals surface area contributed by atoms with Crippen LogP contribution < -0.4 is 5.32 Å². The zero-order chi connectivity index (χ0) is 18.9. The quantitative estimate of drug-likeness (QED) is 0.594. The lowest BCUT2D eigenvalue weighted by Gasteiger charge is -2.32. The molecule has 0 aromatic heterocycles. The standard InChI is InChI=1S/C19H25FN2O4/c1-2-26-17(23)6-3-11-21-18(24)15-5-4-12-22(13-15)19(25)14-7-9-16(20)10-8-14/h7-10,15H,2-6,11-13H2,1H3,(H,21,24). The zero-order valence-electron chi connectivity index (χ0n) is 15.0. The Morgan fingerprint density at radius 2 is 2.00 bits per heavy atom. The molecule has 0 spiro atoms. The number of amides is 2. The van der Waals surface area contributed by atoms with Crippen molar-refractivity contribution in [1.29, 1.82) is 0 Å². The van der Waals surface area contributed by atoms with E-state index in [1.54, 1.807) is 11.8 Å². The Bertz CT molecular complexity index is 633. The van der Waals surface area contributed by atoms with Gasteiger partial charge in [0.15, 0.2) is 0 Å². The van der Waals surface area contributed by atoms with E-state index < -0.39 is 0 Å². The molecule has 0 aliphatic carbocycles. The predicted molar refractivity (Wildman–Crippen MR) is 93.9 cm³/mol. The van der Waals surface area contributed by atoms with Crippen molar-refractivity contribution < 1.29 is 23.5 Å². The molecule has 2 amide bonds. The number of carbonyl (C=O) groups excluding carboxylic acids is 3. The minimum Gasteiger partial charge on any atom is -0.466 e. The summed E-state index contributed by atoms with van der Waals surface area (Å²) in [4.78, 5) is 37.7. The number of nitrogens with zero attached hydrogens (tertiary/aromatic N) is 1. The monoisotopic (exact) mass is 364 g/mol. The third-order valence-electron chi connectivity index (χ3n) is 4.33. The summed E-state index contributed by atoms with van der Waals surface area (Å²) in [5, 5.41) is 2.82. The van der Waals surface area contributed by atoms with E-state index in [4.69, 9.17) is 4.74 Å². The van der Waals surface area contributed by atoms with Crippen molar-refractivity contribution in [2.24, 2.45) is 5.92 Å². The number of hydrogen-bond acceptors (Lipinski definition) is 4. The normalized spacial score (nSPS) is 16.8. The van der Waals surface area contributed by atoms with Crippen LogP contribution >= 0.6 is 0 Å². The van der Waals surface area contributed by atoms with Crippen LogP contribution in [0, 0.1) is 11.7 Å². The van der Waals surface area contributed by atoms with E-state index in [1.165, 1.54) is 24.3 Å². The van der Waals surface area contributed by atoms with Crippen molar-refractivity contribution in [3.8, 4) is 0 Å². The third kappa shape index (κ3) is 5.82. The molecule has 1 heterocycles. The van der Waals surface area contributed by atoms with Crippen LogP contribution in [0.2, 0.25) is 0 Å². The number of rotatable bonds is 7. The van der Waals surface area contributed by atoms with Crippen LogP contribution in [0.1, 0.15) is 43.0 Å². The van der Waals surface area contributed by atoms with Crippen LogP contribution in [0.3, 0.4) is 0 Å². The largest absolute Gasteiger partial charge is 0.466 e. The Kier molecular flexibility index (Phi) is 7.56. The van der Waals surface area contributed by atoms with Crippen molar-refractivity contribution >= 4 is 17.8 Å². The lowest BCUT2D eigenvalue weighted by Crippen LogP contribution is -2.45. The van der Waals surface area contributed by atoms with Crippen molar-refractivity contribution in [3.05, 3.63) is 35.6 Å². The summed E-state index contributed by atoms with van der Waals surface area (Å²) >= 11 is 0. The summed E-state index contributed by atoms with van der Waals surface area (Å²) in [5.41, 5.74) is 0.418. The number of halogens is 1. The molecule has 0 bridgehead atoms. The van der Waals surface area contributed by atoms with Crippen LogP contribution in [0.15, 0.2) is 24.3 Å². The van der Waals surface area contributed by atoms with Gasteiger partial charge in [-0.3, -0.25) is 14.4 Å². The number of piperidine rings is 1. The Morgan fingerprint density at radius 3 is 2.69 bits per heavy atom. The minimum atomic E-state index is -0.389. The number of ether oxygens (including phenoxy) is 1. The van der Waals surface area contributed by atoms with Crippen LogP contribution in [-0.4, -0.2) is 48.9 Å². The van der Waals surface area contributed by atoms with Gasteiger partial charge in [-0.25, -0.2) is 4.39 Å². The second-order valence-electron chi connectivity index (χ2n) is 6.30. The molecule has 0 saturated carbocycles. The highest BCUT2D eigenvalue weighted by Crippen LogP contribution is 2.19. The number of likely N-dealkylation sites (tertiary alicyclic amines) is 1. The van der Waals surface area contributed by atoms with E-state index in [0.717, 1.165) is 12.8 Å². The van der Waals surface area contributed by atoms with Crippen LogP contribution in [0.5, 0.6) is 0 Å². The number of hydrogen-bond donors (Lipinski definition) is 1. The van der Waals surface area contributed by atoms with Gasteiger partial charge in [-0.1, -0.05) is 0 Å². The van der Waals surface area contributed by atoms with E-state index in [0.29, 0.717) is 38.2 Å². The molecule has 142 valence electrons. The van der Waals surface area contributed by atoms with E-state index >= 15 is 0 Å². The molecule has 1 atom stereocenters. The van der Waals surface area contributed by atoms with E-state index in [1.807, 2.05) is 0 Å². The highest BCUT2D eigenvalue weighted by molar-refractivity contribution is 5.94. The summed E-state index contributed by atoms with van der Waals surface area (Å²) in [5.74, 6) is -1.22. The molecule has 1 N–H and O–H groups in total. The third-order valence-corrected chi connectivity index (χ3v) is 4.33. The fourth-order valence-corrected chi connectivity index (χ4v) is 2.97. The molecule has 1 aromatic carbocycles. The van der Waals surface area contributed by atoms with Crippen molar-refractivity contribution in [2.45, 2.75) is 32.6 Å². The topological polar surface area (TPSA) is 75.7 Å². The molecule has 7 heteroatoms. The van der Waals surface area contributed by atoms with Gasteiger partial charge in [-0.05, 0) is 50.5 Å². The summed E-state index contributed by atoms with van der Waals surface area (Å²) in [6.07, 6.45) is 2.26. The minimum absolute atomic E-state index is 0.106. The summed E-state index contributed by atoms with van der Waals surface area (Å²) in [6.45, 7) is 3.44. The van der Waals surface area contributed by atoms with Crippen molar-refractivity contribution in [2.75, 3.05) is 26.2 Å². The molecule has 6 nitrogen and oxygen atoms in total. The number of carbonyl (C=O) groups is 3. The molecule has 1 fully saturated rings. The molecule has 1 aliphatic heterocycles. The van der Waals surface area contributed by atoms with Gasteiger partial charge < -0.3 is 15.0 Å². The Balaban J connectivity index is 1.79. The second-order valence-corrected chi connectivity index (χ2v) is 6.30. The van der Waals surface area contributed by atoms with E-state index in [9.17, 15) is 18.8 Å². The van der Waals surface area contributed by atoms with Gasteiger partial charge in [-0.2, -0.15) is 0 Å². The Hall–Kier alpha value is -2.44. The maximum atomic E-state index is 13.0. The average molecular weight is 364 g/mol. The Labute approximate surface area is 152 Å². The molecule has 1 aliphatic rings. The molecular weight excluding hydrogens is 339 g/mol. The van der Waals surface area contributed by atoms with Crippen LogP contribution in [-0.2, 0) is 14.3 Å². The number of benzene rings is 1. The highest BCUT2D eigenvalue weighted by Gasteiger charge is 2.28. The lowest BCUT2D eigenvalue weighted by atomic mass is 9.96. The average Bonchev–Trinajstić information content (AvgIpc) is 2.65.